The van der Waals surface area contributed by atoms with Crippen molar-refractivity contribution < 1.29 is 46.5 Å². The van der Waals surface area contributed by atoms with Crippen molar-refractivity contribution in [1.82, 2.24) is 14.6 Å². The number of nitrogens with one attached hydrogen (secondary N) is 1. The van der Waals surface area contributed by atoms with Crippen LogP contribution in [-0.4, -0.2) is 84.1 Å². The Kier molecular flexibility index (Phi) is 7.47. The number of rotatable bonds is 9. The first-order valence-corrected chi connectivity index (χ1v) is 10.5. The molecule has 2 amide bonds. The van der Waals surface area contributed by atoms with Crippen molar-refractivity contribution in [3.63, 3.8) is 0 Å². The molecule has 0 spiro atoms. The summed E-state index contributed by atoms with van der Waals surface area (Å²) in [4.78, 5) is 56.8. The third-order valence-electron chi connectivity index (χ3n) is 3.63. The van der Waals surface area contributed by atoms with Gasteiger partial charge in [-0.05, 0) is 6.92 Å². The van der Waals surface area contributed by atoms with E-state index in [0.717, 1.165) is 18.4 Å². The van der Waals surface area contributed by atoms with Gasteiger partial charge >= 0.3 is 22.2 Å². The van der Waals surface area contributed by atoms with Gasteiger partial charge in [-0.25, -0.2) is 14.6 Å². The molecule has 2 heterocycles. The summed E-state index contributed by atoms with van der Waals surface area (Å²) in [5.41, 5.74) is 5.07. The number of aromatic nitrogens is 1. The first-order chi connectivity index (χ1) is 14.5. The largest absolute Gasteiger partial charge is 0.463 e. The Morgan fingerprint density at radius 2 is 2.06 bits per heavy atom. The normalized spacial score (nSPS) is 18.7. The first kappa shape index (κ1) is 24.0. The van der Waals surface area contributed by atoms with Crippen LogP contribution in [0.15, 0.2) is 10.5 Å². The number of thiazole rings is 1. The zero-order valence-corrected chi connectivity index (χ0v) is 17.6. The number of nitrogen functional groups attached to an aromatic ring is 1. The van der Waals surface area contributed by atoms with E-state index in [2.05, 4.69) is 29.8 Å². The van der Waals surface area contributed by atoms with Crippen LogP contribution >= 0.6 is 11.3 Å². The van der Waals surface area contributed by atoms with E-state index < -0.39 is 58.5 Å². The van der Waals surface area contributed by atoms with Gasteiger partial charge in [-0.3, -0.25) is 14.1 Å². The fourth-order valence-electron chi connectivity index (χ4n) is 2.41. The predicted octanol–water partition coefficient (Wildman–Crippen LogP) is -2.32. The summed E-state index contributed by atoms with van der Waals surface area (Å²) in [6, 6.07) is -3.74. The van der Waals surface area contributed by atoms with Crippen molar-refractivity contribution in [3.05, 3.63) is 11.1 Å². The molecule has 1 saturated heterocycles. The molecule has 15 nitrogen and oxygen atoms in total. The molecule has 17 heteroatoms. The number of anilines is 1. The second kappa shape index (κ2) is 9.67. The molecule has 1 aliphatic heterocycles. The number of nitrogens with two attached hydrogens (primary N) is 1. The van der Waals surface area contributed by atoms with Gasteiger partial charge in [-0.1, -0.05) is 5.16 Å². The molecular formula is C14H17N5O10S2. The van der Waals surface area contributed by atoms with Crippen molar-refractivity contribution >= 4 is 56.2 Å². The van der Waals surface area contributed by atoms with Gasteiger partial charge in [0.15, 0.2) is 23.5 Å². The summed E-state index contributed by atoms with van der Waals surface area (Å²) >= 11 is 0.982. The highest BCUT2D eigenvalue weighted by atomic mass is 32.2. The highest BCUT2D eigenvalue weighted by Gasteiger charge is 2.59. The van der Waals surface area contributed by atoms with E-state index >= 15 is 0 Å². The standard InChI is InChI=1S/C14H17N5O10S2/c1-3-28-7(20)4-29-13(23)10-9(12(22)19(10)31(24,25)26)17-11(21)8(18-27-2)6-5-30-14(15)16-6/h5,9-10H,3-4H2,1-2H3,(H2,15,16)(H,17,21)(H,24,25,26)/t9-,10-/m1/s1. The summed E-state index contributed by atoms with van der Waals surface area (Å²) < 4.78 is 41.1. The minimum absolute atomic E-state index is 0.00311. The lowest BCUT2D eigenvalue weighted by Crippen LogP contribution is -2.75. The average Bonchev–Trinajstić information content (AvgIpc) is 3.11. The first-order valence-electron chi connectivity index (χ1n) is 8.27. The fraction of sp³-hybridized carbons (Fsp3) is 0.429. The second-order valence-corrected chi connectivity index (χ2v) is 7.79. The Bertz CT molecular complexity index is 1020. The van der Waals surface area contributed by atoms with Crippen LogP contribution in [0.2, 0.25) is 0 Å². The Hall–Kier alpha value is -3.31. The van der Waals surface area contributed by atoms with Gasteiger partial charge in [0.1, 0.15) is 18.8 Å². The van der Waals surface area contributed by atoms with Crippen LogP contribution in [0.5, 0.6) is 0 Å². The SMILES string of the molecule is CCOC(=O)COC(=O)[C@H]1[C@@H](NC(=O)C(=NOC)c2csc(N)n2)C(=O)N1S(=O)(=O)O. The second-order valence-electron chi connectivity index (χ2n) is 5.61. The van der Waals surface area contributed by atoms with Gasteiger partial charge in [0, 0.05) is 5.38 Å². The number of carbonyl (C=O) groups excluding carboxylic acids is 4. The maximum Gasteiger partial charge on any atom is 0.363 e. The molecule has 0 saturated carbocycles. The van der Waals surface area contributed by atoms with E-state index in [9.17, 15) is 32.1 Å². The molecule has 2 rings (SSSR count). The molecule has 0 aromatic carbocycles. The number of carbonyl (C=O) groups is 4. The van der Waals surface area contributed by atoms with Crippen LogP contribution in [0.3, 0.4) is 0 Å². The van der Waals surface area contributed by atoms with Crippen LogP contribution < -0.4 is 11.1 Å². The Labute approximate surface area is 179 Å². The highest BCUT2D eigenvalue weighted by Crippen LogP contribution is 2.25. The number of oxime groups is 1. The molecule has 1 aliphatic rings. The molecule has 31 heavy (non-hydrogen) atoms. The topological polar surface area (TPSA) is 217 Å². The van der Waals surface area contributed by atoms with Crippen molar-refractivity contribution in [2.45, 2.75) is 19.0 Å². The monoisotopic (exact) mass is 479 g/mol. The van der Waals surface area contributed by atoms with Crippen molar-refractivity contribution in [1.29, 1.82) is 0 Å². The summed E-state index contributed by atoms with van der Waals surface area (Å²) in [5.74, 6) is -4.72. The van der Waals surface area contributed by atoms with Gasteiger partial charge in [0.05, 0.1) is 6.61 Å². The number of hydrogen-bond donors (Lipinski definition) is 3. The molecule has 1 fully saturated rings. The van der Waals surface area contributed by atoms with E-state index in [1.54, 1.807) is 0 Å². The summed E-state index contributed by atoms with van der Waals surface area (Å²) in [6.45, 7) is 0.619. The smallest absolute Gasteiger partial charge is 0.363 e. The van der Waals surface area contributed by atoms with E-state index in [1.807, 2.05) is 0 Å². The molecule has 170 valence electrons. The number of nitrogens with zero attached hydrogens (tertiary/aromatic N) is 3. The van der Waals surface area contributed by atoms with Gasteiger partial charge < -0.3 is 25.4 Å². The Balaban J connectivity index is 2.22. The number of esters is 2. The minimum atomic E-state index is -5.17. The molecule has 0 radical (unpaired) electrons. The summed E-state index contributed by atoms with van der Waals surface area (Å²) in [5, 5.41) is 7.05. The molecule has 0 bridgehead atoms. The molecule has 1 aromatic rings. The minimum Gasteiger partial charge on any atom is -0.463 e. The lowest BCUT2D eigenvalue weighted by atomic mass is 9.98. The molecule has 4 N–H and O–H groups in total. The van der Waals surface area contributed by atoms with Crippen LogP contribution in [0.4, 0.5) is 5.13 Å². The van der Waals surface area contributed by atoms with Crippen molar-refractivity contribution in [2.24, 2.45) is 5.16 Å². The molecule has 2 atom stereocenters. The number of hydrogen-bond acceptors (Lipinski definition) is 13. The summed E-state index contributed by atoms with van der Waals surface area (Å²) in [6.07, 6.45) is 0. The quantitative estimate of drug-likeness (QED) is 0.112. The van der Waals surface area contributed by atoms with Crippen LogP contribution in [0.1, 0.15) is 12.6 Å². The highest BCUT2D eigenvalue weighted by molar-refractivity contribution is 7.84. The number of β-lactam (4-membered cyclic amide) rings is 1. The van der Waals surface area contributed by atoms with Crippen LogP contribution in [0.25, 0.3) is 0 Å². The third-order valence-corrected chi connectivity index (χ3v) is 5.21. The van der Waals surface area contributed by atoms with Gasteiger partial charge in [0.25, 0.3) is 11.8 Å². The van der Waals surface area contributed by atoms with E-state index in [0.29, 0.717) is 0 Å². The van der Waals surface area contributed by atoms with Gasteiger partial charge in [-0.15, -0.1) is 11.3 Å². The predicted molar refractivity (Wildman–Crippen MR) is 102 cm³/mol. The van der Waals surface area contributed by atoms with E-state index in [4.69, 9.17) is 5.73 Å². The Morgan fingerprint density at radius 3 is 2.58 bits per heavy atom. The molecule has 0 unspecified atom stereocenters. The molecular weight excluding hydrogens is 462 g/mol. The van der Waals surface area contributed by atoms with E-state index in [-0.39, 0.29) is 21.7 Å². The lowest BCUT2D eigenvalue weighted by molar-refractivity contribution is -0.169. The van der Waals surface area contributed by atoms with Crippen molar-refractivity contribution in [2.75, 3.05) is 26.1 Å². The fourth-order valence-corrected chi connectivity index (χ4v) is 3.80. The lowest BCUT2D eigenvalue weighted by Gasteiger charge is -2.42. The average molecular weight is 479 g/mol. The number of amides is 2. The maximum absolute atomic E-state index is 12.6. The van der Waals surface area contributed by atoms with Gasteiger partial charge in [0.2, 0.25) is 0 Å². The van der Waals surface area contributed by atoms with Crippen LogP contribution in [-0.2, 0) is 43.8 Å². The maximum atomic E-state index is 12.6. The van der Waals surface area contributed by atoms with Crippen molar-refractivity contribution in [3.8, 4) is 0 Å². The zero-order valence-electron chi connectivity index (χ0n) is 16.0. The Morgan fingerprint density at radius 1 is 1.39 bits per heavy atom. The van der Waals surface area contributed by atoms with E-state index in [1.165, 1.54) is 12.3 Å². The summed E-state index contributed by atoms with van der Waals surface area (Å²) in [7, 11) is -4.04. The molecule has 1 aromatic heterocycles. The number of ether oxygens (including phenoxy) is 2. The zero-order chi connectivity index (χ0) is 23.3. The van der Waals surface area contributed by atoms with Crippen LogP contribution in [0, 0.1) is 0 Å². The van der Waals surface area contributed by atoms with Gasteiger partial charge in [-0.2, -0.15) is 12.7 Å². The molecule has 0 aliphatic carbocycles. The third kappa shape index (κ3) is 5.44.